The van der Waals surface area contributed by atoms with Gasteiger partial charge in [0, 0.05) is 31.9 Å². The van der Waals surface area contributed by atoms with Crippen LogP contribution in [0.25, 0.3) is 0 Å². The van der Waals surface area contributed by atoms with Crippen LogP contribution in [0.2, 0.25) is 0 Å². The number of aromatic nitrogens is 2. The van der Waals surface area contributed by atoms with Gasteiger partial charge in [-0.15, -0.1) is 0 Å². The minimum Gasteiger partial charge on any atom is -0.357 e. The third-order valence-electron chi connectivity index (χ3n) is 3.25. The topological polar surface area (TPSA) is 54.2 Å². The maximum absolute atomic E-state index is 12.9. The SMILES string of the molecule is CCCCCCNC(=NCc1cn(C)nc1C(F)(F)F)NCC. The van der Waals surface area contributed by atoms with Gasteiger partial charge in [0.05, 0.1) is 6.54 Å². The molecule has 0 aliphatic carbocycles. The van der Waals surface area contributed by atoms with Crippen LogP contribution in [0.4, 0.5) is 13.2 Å². The van der Waals surface area contributed by atoms with Crippen LogP contribution in [0.1, 0.15) is 50.8 Å². The number of unbranched alkanes of at least 4 members (excludes halogenated alkanes) is 3. The minimum atomic E-state index is -4.46. The fourth-order valence-corrected chi connectivity index (χ4v) is 2.16. The normalized spacial score (nSPS) is 12.5. The van der Waals surface area contributed by atoms with Gasteiger partial charge in [-0.3, -0.25) is 4.68 Å². The van der Waals surface area contributed by atoms with Gasteiger partial charge in [-0.05, 0) is 13.3 Å². The van der Waals surface area contributed by atoms with Crippen molar-refractivity contribution >= 4 is 5.96 Å². The fraction of sp³-hybridized carbons (Fsp3) is 0.733. The number of nitrogens with zero attached hydrogens (tertiary/aromatic N) is 3. The zero-order valence-electron chi connectivity index (χ0n) is 14.0. The largest absolute Gasteiger partial charge is 0.435 e. The maximum atomic E-state index is 12.9. The van der Waals surface area contributed by atoms with Crippen LogP contribution in [0.5, 0.6) is 0 Å². The van der Waals surface area contributed by atoms with Gasteiger partial charge in [-0.25, -0.2) is 4.99 Å². The lowest BCUT2D eigenvalue weighted by Crippen LogP contribution is -2.37. The number of nitrogens with one attached hydrogen (secondary N) is 2. The molecular formula is C15H26F3N5. The second-order valence-electron chi connectivity index (χ2n) is 5.36. The molecule has 0 amide bonds. The molecule has 0 saturated heterocycles. The first-order valence-corrected chi connectivity index (χ1v) is 8.00. The predicted molar refractivity (Wildman–Crippen MR) is 85.2 cm³/mol. The Morgan fingerprint density at radius 1 is 1.22 bits per heavy atom. The van der Waals surface area contributed by atoms with Crippen molar-refractivity contribution in [3.05, 3.63) is 17.5 Å². The molecule has 0 spiro atoms. The van der Waals surface area contributed by atoms with Gasteiger partial charge in [0.25, 0.3) is 0 Å². The van der Waals surface area contributed by atoms with Gasteiger partial charge in [0.2, 0.25) is 0 Å². The van der Waals surface area contributed by atoms with E-state index in [-0.39, 0.29) is 12.1 Å². The van der Waals surface area contributed by atoms with Crippen LogP contribution in [-0.2, 0) is 19.8 Å². The number of hydrogen-bond acceptors (Lipinski definition) is 2. The summed E-state index contributed by atoms with van der Waals surface area (Å²) in [6, 6.07) is 0. The number of alkyl halides is 3. The molecule has 23 heavy (non-hydrogen) atoms. The first-order valence-electron chi connectivity index (χ1n) is 8.00. The molecule has 2 N–H and O–H groups in total. The summed E-state index contributed by atoms with van der Waals surface area (Å²) in [5.74, 6) is 0.529. The molecule has 0 atom stereocenters. The molecule has 0 fully saturated rings. The van der Waals surface area contributed by atoms with Crippen molar-refractivity contribution < 1.29 is 13.2 Å². The second kappa shape index (κ2) is 9.42. The summed E-state index contributed by atoms with van der Waals surface area (Å²) < 4.78 is 39.9. The van der Waals surface area contributed by atoms with Gasteiger partial charge in [-0.1, -0.05) is 26.2 Å². The number of aryl methyl sites for hydroxylation is 1. The number of guanidine groups is 1. The fourth-order valence-electron chi connectivity index (χ4n) is 2.16. The van der Waals surface area contributed by atoms with E-state index in [0.29, 0.717) is 12.5 Å². The van der Waals surface area contributed by atoms with Gasteiger partial charge >= 0.3 is 6.18 Å². The highest BCUT2D eigenvalue weighted by Gasteiger charge is 2.36. The van der Waals surface area contributed by atoms with Crippen molar-refractivity contribution in [3.8, 4) is 0 Å². The second-order valence-corrected chi connectivity index (χ2v) is 5.36. The van der Waals surface area contributed by atoms with E-state index in [9.17, 15) is 13.2 Å². The maximum Gasteiger partial charge on any atom is 0.435 e. The highest BCUT2D eigenvalue weighted by molar-refractivity contribution is 5.79. The molecule has 8 heteroatoms. The van der Waals surface area contributed by atoms with E-state index in [1.54, 1.807) is 0 Å². The summed E-state index contributed by atoms with van der Waals surface area (Å²) in [7, 11) is 1.47. The first kappa shape index (κ1) is 19.3. The Balaban J connectivity index is 2.66. The molecule has 0 aromatic carbocycles. The molecule has 0 aliphatic rings. The average molecular weight is 333 g/mol. The van der Waals surface area contributed by atoms with Crippen LogP contribution >= 0.6 is 0 Å². The van der Waals surface area contributed by atoms with Crippen molar-refractivity contribution in [1.82, 2.24) is 20.4 Å². The summed E-state index contributed by atoms with van der Waals surface area (Å²) in [4.78, 5) is 4.23. The molecule has 5 nitrogen and oxygen atoms in total. The molecule has 0 saturated carbocycles. The number of hydrogen-bond donors (Lipinski definition) is 2. The van der Waals surface area contributed by atoms with E-state index in [0.717, 1.165) is 25.8 Å². The Bertz CT molecular complexity index is 494. The van der Waals surface area contributed by atoms with Gasteiger partial charge in [-0.2, -0.15) is 18.3 Å². The number of halogens is 3. The lowest BCUT2D eigenvalue weighted by molar-refractivity contribution is -0.142. The van der Waals surface area contributed by atoms with Crippen molar-refractivity contribution in [3.63, 3.8) is 0 Å². The molecule has 1 heterocycles. The summed E-state index contributed by atoms with van der Waals surface area (Å²) in [6.45, 7) is 5.41. The summed E-state index contributed by atoms with van der Waals surface area (Å²) in [5.41, 5.74) is -0.800. The van der Waals surface area contributed by atoms with E-state index >= 15 is 0 Å². The molecule has 0 bridgehead atoms. The number of aliphatic imine (C=N–C) groups is 1. The molecule has 0 unspecified atom stereocenters. The van der Waals surface area contributed by atoms with Crippen LogP contribution in [0.15, 0.2) is 11.2 Å². The van der Waals surface area contributed by atoms with Gasteiger partial charge in [0.1, 0.15) is 0 Å². The van der Waals surface area contributed by atoms with Crippen molar-refractivity contribution in [2.45, 2.75) is 52.3 Å². The van der Waals surface area contributed by atoms with Crippen LogP contribution in [0, 0.1) is 0 Å². The lowest BCUT2D eigenvalue weighted by atomic mass is 10.2. The molecule has 1 rings (SSSR count). The zero-order valence-corrected chi connectivity index (χ0v) is 14.0. The molecule has 0 aliphatic heterocycles. The van der Waals surface area contributed by atoms with Crippen LogP contribution in [-0.4, -0.2) is 28.8 Å². The van der Waals surface area contributed by atoms with Crippen molar-refractivity contribution in [2.24, 2.45) is 12.0 Å². The smallest absolute Gasteiger partial charge is 0.357 e. The average Bonchev–Trinajstić information content (AvgIpc) is 2.85. The Morgan fingerprint density at radius 2 is 1.96 bits per heavy atom. The van der Waals surface area contributed by atoms with E-state index < -0.39 is 11.9 Å². The highest BCUT2D eigenvalue weighted by Crippen LogP contribution is 2.30. The molecule has 0 radical (unpaired) electrons. The van der Waals surface area contributed by atoms with E-state index in [1.165, 1.54) is 24.3 Å². The molecular weight excluding hydrogens is 307 g/mol. The summed E-state index contributed by atoms with van der Waals surface area (Å²) in [5, 5.41) is 9.67. The minimum absolute atomic E-state index is 0.0625. The van der Waals surface area contributed by atoms with Gasteiger partial charge < -0.3 is 10.6 Å². The highest BCUT2D eigenvalue weighted by atomic mass is 19.4. The summed E-state index contributed by atoms with van der Waals surface area (Å²) >= 11 is 0. The molecule has 132 valence electrons. The Labute approximate surface area is 135 Å². The van der Waals surface area contributed by atoms with E-state index in [2.05, 4.69) is 27.6 Å². The zero-order chi connectivity index (χ0) is 17.3. The first-order chi connectivity index (χ1) is 10.9. The van der Waals surface area contributed by atoms with Crippen molar-refractivity contribution in [1.29, 1.82) is 0 Å². The predicted octanol–water partition coefficient (Wildman–Crippen LogP) is 3.07. The Kier molecular flexibility index (Phi) is 7.91. The Hall–Kier alpha value is -1.73. The number of rotatable bonds is 8. The molecule has 1 aromatic heterocycles. The van der Waals surface area contributed by atoms with Crippen LogP contribution < -0.4 is 10.6 Å². The third kappa shape index (κ3) is 6.92. The third-order valence-corrected chi connectivity index (χ3v) is 3.25. The Morgan fingerprint density at radius 3 is 2.57 bits per heavy atom. The quantitative estimate of drug-likeness (QED) is 0.437. The lowest BCUT2D eigenvalue weighted by Gasteiger charge is -2.11. The monoisotopic (exact) mass is 333 g/mol. The van der Waals surface area contributed by atoms with E-state index in [4.69, 9.17) is 0 Å². The summed E-state index contributed by atoms with van der Waals surface area (Å²) in [6.07, 6.45) is 1.38. The molecule has 1 aromatic rings. The van der Waals surface area contributed by atoms with Crippen molar-refractivity contribution in [2.75, 3.05) is 13.1 Å². The van der Waals surface area contributed by atoms with Crippen LogP contribution in [0.3, 0.4) is 0 Å². The standard InChI is InChI=1S/C15H26F3N5/c1-4-6-7-8-9-20-14(19-5-2)21-10-12-11-23(3)22-13(12)15(16,17)18/h11H,4-10H2,1-3H3,(H2,19,20,21). The van der Waals surface area contributed by atoms with Gasteiger partial charge in [0.15, 0.2) is 11.7 Å². The van der Waals surface area contributed by atoms with E-state index in [1.807, 2.05) is 6.92 Å².